The quantitative estimate of drug-likeness (QED) is 0.276. The molecule has 4 rings (SSSR count). The van der Waals surface area contributed by atoms with Crippen molar-refractivity contribution in [3.63, 3.8) is 0 Å². The number of non-ortho nitro benzene ring substituents is 1. The molecule has 0 radical (unpaired) electrons. The van der Waals surface area contributed by atoms with Crippen molar-refractivity contribution in [1.82, 2.24) is 14.1 Å². The highest BCUT2D eigenvalue weighted by Crippen LogP contribution is 2.19. The summed E-state index contributed by atoms with van der Waals surface area (Å²) in [5, 5.41) is 11.1. The average Bonchev–Trinajstić information content (AvgIpc) is 3.33. The maximum Gasteiger partial charge on any atom is 0.271 e. The smallest absolute Gasteiger partial charge is 0.271 e. The van der Waals surface area contributed by atoms with Gasteiger partial charge < -0.3 is 8.98 Å². The van der Waals surface area contributed by atoms with Crippen LogP contribution in [-0.4, -0.2) is 24.8 Å². The van der Waals surface area contributed by atoms with Crippen LogP contribution < -0.4 is 5.56 Å². The van der Waals surface area contributed by atoms with E-state index >= 15 is 0 Å². The number of carbonyl (C=O) groups is 1. The Morgan fingerprint density at radius 3 is 2.73 bits per heavy atom. The first kappa shape index (κ1) is 19.3. The molecule has 0 atom stereocenters. The zero-order valence-electron chi connectivity index (χ0n) is 16.4. The molecule has 0 saturated heterocycles. The van der Waals surface area contributed by atoms with Gasteiger partial charge in [0.2, 0.25) is 0 Å². The molecule has 1 aromatic carbocycles. The number of nitro groups is 1. The Morgan fingerprint density at radius 1 is 1.23 bits per heavy atom. The van der Waals surface area contributed by atoms with Gasteiger partial charge in [0.1, 0.15) is 5.76 Å². The highest BCUT2D eigenvalue weighted by Gasteiger charge is 2.18. The number of benzene rings is 1. The fourth-order valence-electron chi connectivity index (χ4n) is 3.50. The lowest BCUT2D eigenvalue weighted by Crippen LogP contribution is -2.25. The summed E-state index contributed by atoms with van der Waals surface area (Å²) in [6.45, 7) is 4.09. The van der Waals surface area contributed by atoms with E-state index in [0.29, 0.717) is 12.1 Å². The molecule has 0 saturated carbocycles. The van der Waals surface area contributed by atoms with Crippen molar-refractivity contribution in [2.75, 3.05) is 0 Å². The summed E-state index contributed by atoms with van der Waals surface area (Å²) in [4.78, 5) is 40.1. The van der Waals surface area contributed by atoms with Gasteiger partial charge >= 0.3 is 0 Å². The number of nitrogens with zero attached hydrogens (tertiary/aromatic N) is 4. The van der Waals surface area contributed by atoms with E-state index in [1.54, 1.807) is 12.3 Å². The predicted molar refractivity (Wildman–Crippen MR) is 109 cm³/mol. The summed E-state index contributed by atoms with van der Waals surface area (Å²) in [7, 11) is 0. The molecule has 0 unspecified atom stereocenters. The van der Waals surface area contributed by atoms with E-state index in [4.69, 9.17) is 4.42 Å². The van der Waals surface area contributed by atoms with E-state index in [0.717, 1.165) is 17.1 Å². The van der Waals surface area contributed by atoms with E-state index < -0.39 is 10.5 Å². The summed E-state index contributed by atoms with van der Waals surface area (Å²) >= 11 is 0. The molecule has 3 heterocycles. The van der Waals surface area contributed by atoms with Crippen LogP contribution in [0, 0.1) is 24.0 Å². The fraction of sp³-hybridized carbons (Fsp3) is 0.190. The van der Waals surface area contributed by atoms with E-state index in [2.05, 4.69) is 4.98 Å². The molecule has 0 aliphatic heterocycles. The van der Waals surface area contributed by atoms with E-state index in [9.17, 15) is 19.7 Å². The Labute approximate surface area is 170 Å². The standard InChI is InChI=1S/C21H18N4O5/c1-13-8-18(14(2)24(13)10-16-4-3-7-30-16)20(26)11-23-12-22-19-9-15(25(28)29)5-6-17(19)21(23)27/h3-9,12H,10-11H2,1-2H3. The number of hydrogen-bond donors (Lipinski definition) is 0. The van der Waals surface area contributed by atoms with E-state index in [-0.39, 0.29) is 28.9 Å². The van der Waals surface area contributed by atoms with Gasteiger partial charge in [0.25, 0.3) is 11.2 Å². The first-order valence-electron chi connectivity index (χ1n) is 9.21. The number of furan rings is 1. The lowest BCUT2D eigenvalue weighted by Gasteiger charge is -2.09. The maximum absolute atomic E-state index is 12.9. The lowest BCUT2D eigenvalue weighted by atomic mass is 10.1. The van der Waals surface area contributed by atoms with Gasteiger partial charge in [0.05, 0.1) is 41.5 Å². The number of aromatic nitrogens is 3. The van der Waals surface area contributed by atoms with Gasteiger partial charge in [-0.1, -0.05) is 0 Å². The minimum atomic E-state index is -0.547. The van der Waals surface area contributed by atoms with E-state index in [1.807, 2.05) is 30.5 Å². The van der Waals surface area contributed by atoms with Crippen LogP contribution in [-0.2, 0) is 13.1 Å². The van der Waals surface area contributed by atoms with Crippen molar-refractivity contribution < 1.29 is 14.1 Å². The van der Waals surface area contributed by atoms with Crippen LogP contribution in [0.5, 0.6) is 0 Å². The molecular weight excluding hydrogens is 388 g/mol. The van der Waals surface area contributed by atoms with Crippen molar-refractivity contribution in [1.29, 1.82) is 0 Å². The predicted octanol–water partition coefficient (Wildman–Crippen LogP) is 3.25. The van der Waals surface area contributed by atoms with Crippen LogP contribution >= 0.6 is 0 Å². The van der Waals surface area contributed by atoms with Crippen LogP contribution in [0.25, 0.3) is 10.9 Å². The van der Waals surface area contributed by atoms with Crippen molar-refractivity contribution >= 4 is 22.4 Å². The molecule has 4 aromatic rings. The van der Waals surface area contributed by atoms with Crippen LogP contribution in [0.4, 0.5) is 5.69 Å². The molecule has 30 heavy (non-hydrogen) atoms. The van der Waals surface area contributed by atoms with Crippen LogP contribution in [0.1, 0.15) is 27.5 Å². The molecule has 0 bridgehead atoms. The number of rotatable bonds is 6. The van der Waals surface area contributed by atoms with Gasteiger partial charge in [-0.05, 0) is 38.1 Å². The Balaban J connectivity index is 1.63. The molecule has 0 amide bonds. The molecule has 0 aliphatic carbocycles. The highest BCUT2D eigenvalue weighted by molar-refractivity contribution is 5.97. The van der Waals surface area contributed by atoms with Crippen LogP contribution in [0.2, 0.25) is 0 Å². The van der Waals surface area contributed by atoms with Crippen LogP contribution in [0.15, 0.2) is 58.2 Å². The molecular formula is C21H18N4O5. The number of carbonyl (C=O) groups excluding carboxylic acids is 1. The fourth-order valence-corrected chi connectivity index (χ4v) is 3.50. The van der Waals surface area contributed by atoms with Crippen molar-refractivity contribution in [2.45, 2.75) is 26.9 Å². The number of aryl methyl sites for hydroxylation is 1. The van der Waals surface area contributed by atoms with Gasteiger partial charge in [0, 0.05) is 29.1 Å². The van der Waals surface area contributed by atoms with Crippen molar-refractivity contribution in [2.24, 2.45) is 0 Å². The largest absolute Gasteiger partial charge is 0.467 e. The summed E-state index contributed by atoms with van der Waals surface area (Å²) in [5.74, 6) is 0.554. The SMILES string of the molecule is Cc1cc(C(=O)Cn2cnc3cc([N+](=O)[O-])ccc3c2=O)c(C)n1Cc1ccco1. The zero-order chi connectivity index (χ0) is 21.4. The Bertz CT molecular complexity index is 1330. The molecule has 0 spiro atoms. The number of hydrogen-bond acceptors (Lipinski definition) is 6. The lowest BCUT2D eigenvalue weighted by molar-refractivity contribution is -0.384. The third-order valence-electron chi connectivity index (χ3n) is 5.10. The number of nitro benzene ring substituents is 1. The summed E-state index contributed by atoms with van der Waals surface area (Å²) < 4.78 is 8.59. The number of Topliss-reactive ketones (excluding diaryl/α,β-unsaturated/α-hetero) is 1. The van der Waals surface area contributed by atoms with Gasteiger partial charge in [-0.25, -0.2) is 4.98 Å². The van der Waals surface area contributed by atoms with Gasteiger partial charge in [-0.15, -0.1) is 0 Å². The maximum atomic E-state index is 12.9. The summed E-state index contributed by atoms with van der Waals surface area (Å²) in [5.41, 5.74) is 1.86. The molecule has 0 fully saturated rings. The molecule has 0 N–H and O–H groups in total. The van der Waals surface area contributed by atoms with Gasteiger partial charge in [-0.2, -0.15) is 0 Å². The molecule has 9 nitrogen and oxygen atoms in total. The normalized spacial score (nSPS) is 11.1. The van der Waals surface area contributed by atoms with Gasteiger partial charge in [-0.3, -0.25) is 24.3 Å². The van der Waals surface area contributed by atoms with E-state index in [1.165, 1.54) is 29.1 Å². The second kappa shape index (κ2) is 7.43. The monoisotopic (exact) mass is 406 g/mol. The zero-order valence-corrected chi connectivity index (χ0v) is 16.4. The molecule has 152 valence electrons. The topological polar surface area (TPSA) is 113 Å². The van der Waals surface area contributed by atoms with Gasteiger partial charge in [0.15, 0.2) is 5.78 Å². The first-order chi connectivity index (χ1) is 14.3. The molecule has 3 aromatic heterocycles. The minimum Gasteiger partial charge on any atom is -0.467 e. The highest BCUT2D eigenvalue weighted by atomic mass is 16.6. The number of fused-ring (bicyclic) bond motifs is 1. The molecule has 0 aliphatic rings. The number of ketones is 1. The third-order valence-corrected chi connectivity index (χ3v) is 5.10. The van der Waals surface area contributed by atoms with Crippen molar-refractivity contribution in [3.05, 3.63) is 92.2 Å². The Kier molecular flexibility index (Phi) is 4.78. The second-order valence-electron chi connectivity index (χ2n) is 7.01. The second-order valence-corrected chi connectivity index (χ2v) is 7.01. The van der Waals surface area contributed by atoms with Crippen LogP contribution in [0.3, 0.4) is 0 Å². The van der Waals surface area contributed by atoms with Crippen molar-refractivity contribution in [3.8, 4) is 0 Å². The molecule has 9 heteroatoms. The summed E-state index contributed by atoms with van der Waals surface area (Å²) in [6, 6.07) is 9.32. The third kappa shape index (κ3) is 3.41. The first-order valence-corrected chi connectivity index (χ1v) is 9.21. The Morgan fingerprint density at radius 2 is 2.03 bits per heavy atom. The average molecular weight is 406 g/mol. The Hall–Kier alpha value is -4.01. The summed E-state index contributed by atoms with van der Waals surface area (Å²) in [6.07, 6.45) is 2.84. The minimum absolute atomic E-state index is 0.146.